The van der Waals surface area contributed by atoms with Crippen LogP contribution >= 0.6 is 11.8 Å². The summed E-state index contributed by atoms with van der Waals surface area (Å²) in [6, 6.07) is 11.4. The number of nitrogens with one attached hydrogen (secondary N) is 1. The molecule has 5 nitrogen and oxygen atoms in total. The van der Waals surface area contributed by atoms with Gasteiger partial charge in [-0.2, -0.15) is 13.2 Å². The van der Waals surface area contributed by atoms with Crippen molar-refractivity contribution in [2.45, 2.75) is 29.7 Å². The van der Waals surface area contributed by atoms with Crippen molar-refractivity contribution in [3.05, 3.63) is 54.1 Å². The zero-order valence-electron chi connectivity index (χ0n) is 14.5. The third kappa shape index (κ3) is 4.72. The van der Waals surface area contributed by atoms with E-state index in [4.69, 9.17) is 0 Å². The van der Waals surface area contributed by atoms with E-state index < -0.39 is 11.4 Å². The summed E-state index contributed by atoms with van der Waals surface area (Å²) in [6.45, 7) is 0. The van der Waals surface area contributed by atoms with Gasteiger partial charge in [0.2, 0.25) is 11.8 Å². The topological polar surface area (TPSA) is 66.5 Å². The van der Waals surface area contributed by atoms with Gasteiger partial charge in [0, 0.05) is 23.4 Å². The fourth-order valence-electron chi connectivity index (χ4n) is 2.80. The third-order valence-corrected chi connectivity index (χ3v) is 4.83. The summed E-state index contributed by atoms with van der Waals surface area (Å²) in [6.07, 6.45) is 1.10. The quantitative estimate of drug-likeness (QED) is 0.593. The van der Waals surface area contributed by atoms with Crippen molar-refractivity contribution in [3.63, 3.8) is 0 Å². The Morgan fingerprint density at radius 1 is 0.964 bits per heavy atom. The van der Waals surface area contributed by atoms with Gasteiger partial charge in [-0.25, -0.2) is 0 Å². The number of hydrogen-bond acceptors (Lipinski definition) is 4. The van der Waals surface area contributed by atoms with Gasteiger partial charge in [-0.1, -0.05) is 12.1 Å². The van der Waals surface area contributed by atoms with Crippen molar-refractivity contribution in [2.75, 3.05) is 10.2 Å². The first-order valence-electron chi connectivity index (χ1n) is 8.36. The van der Waals surface area contributed by atoms with E-state index in [1.54, 1.807) is 0 Å². The van der Waals surface area contributed by atoms with Crippen molar-refractivity contribution in [3.8, 4) is 0 Å². The average molecular weight is 408 g/mol. The summed E-state index contributed by atoms with van der Waals surface area (Å²) in [5.74, 6) is -1.26. The lowest BCUT2D eigenvalue weighted by atomic mass is 10.1. The second-order valence-electron chi connectivity index (χ2n) is 6.02. The Hall–Kier alpha value is -2.81. The van der Waals surface area contributed by atoms with Crippen LogP contribution in [0.25, 0.3) is 0 Å². The van der Waals surface area contributed by atoms with Crippen molar-refractivity contribution >= 4 is 40.9 Å². The van der Waals surface area contributed by atoms with Crippen LogP contribution in [-0.2, 0) is 9.59 Å². The highest BCUT2D eigenvalue weighted by atomic mass is 32.2. The molecule has 0 aliphatic carbocycles. The summed E-state index contributed by atoms with van der Waals surface area (Å²) in [5, 5.41) is 2.53. The van der Waals surface area contributed by atoms with Crippen molar-refractivity contribution < 1.29 is 27.6 Å². The highest BCUT2D eigenvalue weighted by Crippen LogP contribution is 2.38. The molecule has 0 spiro atoms. The van der Waals surface area contributed by atoms with Gasteiger partial charge >= 0.3 is 5.51 Å². The van der Waals surface area contributed by atoms with Crippen molar-refractivity contribution in [1.82, 2.24) is 0 Å². The number of benzene rings is 2. The Labute approximate surface area is 162 Å². The lowest BCUT2D eigenvalue weighted by molar-refractivity contribution is -0.129. The smallest absolute Gasteiger partial charge is 0.322 e. The first-order chi connectivity index (χ1) is 13.2. The molecule has 1 fully saturated rings. The van der Waals surface area contributed by atoms with Gasteiger partial charge in [0.15, 0.2) is 0 Å². The molecule has 1 aliphatic heterocycles. The van der Waals surface area contributed by atoms with Crippen LogP contribution in [0.1, 0.15) is 29.6 Å². The molecule has 0 unspecified atom stereocenters. The molecule has 3 rings (SSSR count). The molecule has 1 heterocycles. The van der Waals surface area contributed by atoms with Crippen LogP contribution in [0.3, 0.4) is 0 Å². The average Bonchev–Trinajstić information content (AvgIpc) is 2.62. The number of thioether (sulfide) groups is 1. The zero-order chi connectivity index (χ0) is 20.3. The maximum Gasteiger partial charge on any atom is 0.446 e. The maximum atomic E-state index is 12.7. The second kappa shape index (κ2) is 8.05. The fraction of sp³-hybridized carbons (Fsp3) is 0.211. The number of carbonyl (C=O) groups excluding carboxylic acids is 3. The van der Waals surface area contributed by atoms with Crippen LogP contribution in [0.4, 0.5) is 24.5 Å². The summed E-state index contributed by atoms with van der Waals surface area (Å²) in [4.78, 5) is 37.2. The lowest BCUT2D eigenvalue weighted by Crippen LogP contribution is -2.40. The highest BCUT2D eigenvalue weighted by molar-refractivity contribution is 8.00. The predicted octanol–water partition coefficient (Wildman–Crippen LogP) is 4.59. The van der Waals surface area contributed by atoms with E-state index in [1.807, 2.05) is 0 Å². The minimum absolute atomic E-state index is 0.102. The van der Waals surface area contributed by atoms with Crippen LogP contribution in [0, 0.1) is 0 Å². The number of piperidine rings is 1. The summed E-state index contributed by atoms with van der Waals surface area (Å²) < 4.78 is 38.0. The molecule has 0 radical (unpaired) electrons. The molecule has 1 N–H and O–H groups in total. The van der Waals surface area contributed by atoms with Crippen LogP contribution in [0.2, 0.25) is 0 Å². The Morgan fingerprint density at radius 3 is 2.18 bits per heavy atom. The van der Waals surface area contributed by atoms with Gasteiger partial charge < -0.3 is 5.32 Å². The van der Waals surface area contributed by atoms with Gasteiger partial charge in [0.25, 0.3) is 5.91 Å². The van der Waals surface area contributed by atoms with Crippen LogP contribution in [-0.4, -0.2) is 23.2 Å². The number of imide groups is 1. The normalized spacial score (nSPS) is 14.9. The van der Waals surface area contributed by atoms with E-state index >= 15 is 0 Å². The minimum atomic E-state index is -4.51. The zero-order valence-corrected chi connectivity index (χ0v) is 15.3. The van der Waals surface area contributed by atoms with Gasteiger partial charge in [0.1, 0.15) is 0 Å². The number of hydrogen-bond donors (Lipinski definition) is 1. The molecule has 1 aliphatic rings. The Kier molecular flexibility index (Phi) is 5.73. The molecule has 0 bridgehead atoms. The summed E-state index contributed by atoms with van der Waals surface area (Å²) in [7, 11) is 0. The summed E-state index contributed by atoms with van der Waals surface area (Å²) >= 11 is -0.355. The largest absolute Gasteiger partial charge is 0.446 e. The molecule has 3 amide bonds. The van der Waals surface area contributed by atoms with Crippen LogP contribution in [0.5, 0.6) is 0 Å². The Balaban J connectivity index is 1.75. The number of nitrogens with zero attached hydrogens (tertiary/aromatic N) is 1. The van der Waals surface area contributed by atoms with E-state index in [1.165, 1.54) is 48.5 Å². The number of alkyl halides is 3. The molecular formula is C19H15F3N2O3S. The summed E-state index contributed by atoms with van der Waals surface area (Å²) in [5.41, 5.74) is -3.89. The molecule has 0 aromatic heterocycles. The van der Waals surface area contributed by atoms with E-state index in [0.29, 0.717) is 17.8 Å². The molecule has 2 aromatic rings. The van der Waals surface area contributed by atoms with E-state index in [-0.39, 0.29) is 46.9 Å². The number of anilines is 2. The SMILES string of the molecule is O=C(Nc1ccc(N2C(=O)CCCC2=O)cc1)c1ccccc1SC(F)(F)F. The molecule has 146 valence electrons. The molecule has 1 saturated heterocycles. The highest BCUT2D eigenvalue weighted by Gasteiger charge is 2.31. The van der Waals surface area contributed by atoms with Gasteiger partial charge in [-0.15, -0.1) is 0 Å². The van der Waals surface area contributed by atoms with Gasteiger partial charge in [-0.3, -0.25) is 19.3 Å². The number of halogens is 3. The number of carbonyl (C=O) groups is 3. The Bertz CT molecular complexity index is 897. The van der Waals surface area contributed by atoms with Crippen LogP contribution < -0.4 is 10.2 Å². The molecule has 0 saturated carbocycles. The minimum Gasteiger partial charge on any atom is -0.322 e. The van der Waals surface area contributed by atoms with Crippen molar-refractivity contribution in [2.24, 2.45) is 0 Å². The first-order valence-corrected chi connectivity index (χ1v) is 9.18. The lowest BCUT2D eigenvalue weighted by Gasteiger charge is -2.25. The van der Waals surface area contributed by atoms with E-state index in [0.717, 1.165) is 4.90 Å². The number of rotatable bonds is 4. The Morgan fingerprint density at radius 2 is 1.57 bits per heavy atom. The standard InChI is InChI=1S/C19H15F3N2O3S/c20-19(21,22)28-15-5-2-1-4-14(15)18(27)23-12-8-10-13(11-9-12)24-16(25)6-3-7-17(24)26/h1-2,4-5,8-11H,3,6-7H2,(H,23,27). The predicted molar refractivity (Wildman–Crippen MR) is 99.1 cm³/mol. The molecule has 9 heteroatoms. The maximum absolute atomic E-state index is 12.7. The molecule has 28 heavy (non-hydrogen) atoms. The van der Waals surface area contributed by atoms with Crippen molar-refractivity contribution in [1.29, 1.82) is 0 Å². The molecule has 0 atom stereocenters. The fourth-order valence-corrected chi connectivity index (χ4v) is 3.47. The second-order valence-corrected chi connectivity index (χ2v) is 7.13. The van der Waals surface area contributed by atoms with Gasteiger partial charge in [-0.05, 0) is 54.6 Å². The van der Waals surface area contributed by atoms with Gasteiger partial charge in [0.05, 0.1) is 11.3 Å². The number of amides is 3. The first kappa shape index (κ1) is 19.9. The molecular weight excluding hydrogens is 393 g/mol. The van der Waals surface area contributed by atoms with Crippen LogP contribution in [0.15, 0.2) is 53.4 Å². The van der Waals surface area contributed by atoms with E-state index in [2.05, 4.69) is 5.32 Å². The third-order valence-electron chi connectivity index (χ3n) is 4.02. The van der Waals surface area contributed by atoms with E-state index in [9.17, 15) is 27.6 Å². The molecule has 2 aromatic carbocycles. The monoisotopic (exact) mass is 408 g/mol.